The molecular weight excluding hydrogens is 280 g/mol. The third-order valence-corrected chi connectivity index (χ3v) is 2.74. The molecule has 0 fully saturated rings. The second-order valence-corrected chi connectivity index (χ2v) is 4.13. The number of hydrogen-bond donors (Lipinski definition) is 0. The van der Waals surface area contributed by atoms with Crippen LogP contribution in [0.15, 0.2) is 36.9 Å². The van der Waals surface area contributed by atoms with E-state index >= 15 is 0 Å². The standard InChI is InChI=1S/C12H9ClN6O/c1-20-9-4-2-8(3-5-9)10-16-11(13)18-12(17-10)19-7-14-6-15-19/h2-7H,1H3. The summed E-state index contributed by atoms with van der Waals surface area (Å²) >= 11 is 5.93. The summed E-state index contributed by atoms with van der Waals surface area (Å²) in [6.45, 7) is 0. The zero-order chi connectivity index (χ0) is 13.9. The first-order chi connectivity index (χ1) is 9.76. The van der Waals surface area contributed by atoms with Crippen molar-refractivity contribution < 1.29 is 4.74 Å². The average Bonchev–Trinajstić information content (AvgIpc) is 3.01. The summed E-state index contributed by atoms with van der Waals surface area (Å²) in [5.41, 5.74) is 0.802. The Bertz CT molecular complexity index is 713. The van der Waals surface area contributed by atoms with Crippen LogP contribution in [0, 0.1) is 0 Å². The van der Waals surface area contributed by atoms with Gasteiger partial charge in [0.15, 0.2) is 5.82 Å². The van der Waals surface area contributed by atoms with Crippen molar-refractivity contribution in [3.63, 3.8) is 0 Å². The number of nitrogens with zero attached hydrogens (tertiary/aromatic N) is 6. The predicted octanol–water partition coefficient (Wildman–Crippen LogP) is 1.78. The normalized spacial score (nSPS) is 10.5. The van der Waals surface area contributed by atoms with Crippen LogP contribution in [-0.4, -0.2) is 36.8 Å². The van der Waals surface area contributed by atoms with Crippen LogP contribution in [0.1, 0.15) is 0 Å². The molecule has 0 bridgehead atoms. The van der Waals surface area contributed by atoms with E-state index in [9.17, 15) is 0 Å². The Morgan fingerprint density at radius 3 is 2.55 bits per heavy atom. The zero-order valence-corrected chi connectivity index (χ0v) is 11.2. The molecule has 0 saturated carbocycles. The Morgan fingerprint density at radius 1 is 1.10 bits per heavy atom. The second-order valence-electron chi connectivity index (χ2n) is 3.80. The average molecular weight is 289 g/mol. The molecule has 3 rings (SSSR count). The highest BCUT2D eigenvalue weighted by Gasteiger charge is 2.09. The van der Waals surface area contributed by atoms with Crippen LogP contribution >= 0.6 is 11.6 Å². The van der Waals surface area contributed by atoms with Gasteiger partial charge in [-0.25, -0.2) is 4.98 Å². The summed E-state index contributed by atoms with van der Waals surface area (Å²) in [6.07, 6.45) is 2.88. The van der Waals surface area contributed by atoms with Crippen LogP contribution < -0.4 is 4.74 Å². The van der Waals surface area contributed by atoms with Crippen LogP contribution in [-0.2, 0) is 0 Å². The Morgan fingerprint density at radius 2 is 1.90 bits per heavy atom. The molecule has 0 atom stereocenters. The van der Waals surface area contributed by atoms with Gasteiger partial charge < -0.3 is 4.74 Å². The summed E-state index contributed by atoms with van der Waals surface area (Å²) in [4.78, 5) is 16.3. The number of hydrogen-bond acceptors (Lipinski definition) is 6. The van der Waals surface area contributed by atoms with Crippen molar-refractivity contribution >= 4 is 11.6 Å². The molecule has 3 aromatic rings. The molecule has 7 nitrogen and oxygen atoms in total. The summed E-state index contributed by atoms with van der Waals surface area (Å²) in [5.74, 6) is 1.52. The highest BCUT2D eigenvalue weighted by Crippen LogP contribution is 2.20. The van der Waals surface area contributed by atoms with Crippen LogP contribution in [0.5, 0.6) is 5.75 Å². The molecule has 1 aromatic carbocycles. The third kappa shape index (κ3) is 2.43. The van der Waals surface area contributed by atoms with E-state index in [0.717, 1.165) is 11.3 Å². The molecular formula is C12H9ClN6O. The van der Waals surface area contributed by atoms with Crippen molar-refractivity contribution in [3.8, 4) is 23.1 Å². The first kappa shape index (κ1) is 12.5. The minimum Gasteiger partial charge on any atom is -0.497 e. The van der Waals surface area contributed by atoms with E-state index in [1.165, 1.54) is 17.3 Å². The first-order valence-corrected chi connectivity index (χ1v) is 6.05. The van der Waals surface area contributed by atoms with E-state index in [0.29, 0.717) is 11.8 Å². The van der Waals surface area contributed by atoms with Crippen LogP contribution in [0.4, 0.5) is 0 Å². The maximum atomic E-state index is 5.93. The maximum absolute atomic E-state index is 5.93. The Hall–Kier alpha value is -2.54. The minimum absolute atomic E-state index is 0.0938. The largest absolute Gasteiger partial charge is 0.497 e. The highest BCUT2D eigenvalue weighted by molar-refractivity contribution is 6.28. The Kier molecular flexibility index (Phi) is 3.26. The van der Waals surface area contributed by atoms with E-state index in [2.05, 4.69) is 25.0 Å². The molecule has 0 saturated heterocycles. The third-order valence-electron chi connectivity index (χ3n) is 2.57. The number of rotatable bonds is 3. The lowest BCUT2D eigenvalue weighted by Crippen LogP contribution is -2.05. The van der Waals surface area contributed by atoms with E-state index in [4.69, 9.17) is 16.3 Å². The fraction of sp³-hybridized carbons (Fsp3) is 0.0833. The molecule has 8 heteroatoms. The summed E-state index contributed by atoms with van der Waals surface area (Å²) in [7, 11) is 1.61. The topological polar surface area (TPSA) is 78.6 Å². The number of aromatic nitrogens is 6. The van der Waals surface area contributed by atoms with Crippen LogP contribution in [0.25, 0.3) is 17.3 Å². The van der Waals surface area contributed by atoms with Gasteiger partial charge in [-0.05, 0) is 35.9 Å². The molecule has 20 heavy (non-hydrogen) atoms. The molecule has 0 unspecified atom stereocenters. The van der Waals surface area contributed by atoms with E-state index in [1.807, 2.05) is 24.3 Å². The smallest absolute Gasteiger partial charge is 0.256 e. The molecule has 100 valence electrons. The van der Waals surface area contributed by atoms with Gasteiger partial charge in [0.1, 0.15) is 18.4 Å². The summed E-state index contributed by atoms with van der Waals surface area (Å²) in [6, 6.07) is 7.33. The van der Waals surface area contributed by atoms with Gasteiger partial charge in [0.05, 0.1) is 7.11 Å². The lowest BCUT2D eigenvalue weighted by Gasteiger charge is -2.05. The summed E-state index contributed by atoms with van der Waals surface area (Å²) < 4.78 is 6.53. The van der Waals surface area contributed by atoms with Gasteiger partial charge in [-0.1, -0.05) is 0 Å². The van der Waals surface area contributed by atoms with Crippen LogP contribution in [0.3, 0.4) is 0 Å². The Labute approximate surface area is 119 Å². The minimum atomic E-state index is 0.0938. The second kappa shape index (κ2) is 5.22. The lowest BCUT2D eigenvalue weighted by molar-refractivity contribution is 0.415. The maximum Gasteiger partial charge on any atom is 0.256 e. The van der Waals surface area contributed by atoms with Gasteiger partial charge in [-0.2, -0.15) is 24.7 Å². The Balaban J connectivity index is 2.04. The van der Waals surface area contributed by atoms with Crippen molar-refractivity contribution in [1.29, 1.82) is 0 Å². The fourth-order valence-electron chi connectivity index (χ4n) is 1.62. The molecule has 2 heterocycles. The van der Waals surface area contributed by atoms with Gasteiger partial charge in [0.2, 0.25) is 5.28 Å². The fourth-order valence-corrected chi connectivity index (χ4v) is 1.78. The van der Waals surface area contributed by atoms with E-state index in [-0.39, 0.29) is 5.28 Å². The van der Waals surface area contributed by atoms with Crippen molar-refractivity contribution in [3.05, 3.63) is 42.2 Å². The van der Waals surface area contributed by atoms with Crippen molar-refractivity contribution in [1.82, 2.24) is 29.7 Å². The number of methoxy groups -OCH3 is 1. The van der Waals surface area contributed by atoms with Gasteiger partial charge in [-0.3, -0.25) is 0 Å². The van der Waals surface area contributed by atoms with Crippen LogP contribution in [0.2, 0.25) is 5.28 Å². The molecule has 0 aliphatic carbocycles. The lowest BCUT2D eigenvalue weighted by atomic mass is 10.2. The van der Waals surface area contributed by atoms with Gasteiger partial charge in [-0.15, -0.1) is 0 Å². The number of benzene rings is 1. The molecule has 0 aliphatic rings. The monoisotopic (exact) mass is 288 g/mol. The molecule has 0 amide bonds. The molecule has 0 aliphatic heterocycles. The van der Waals surface area contributed by atoms with Gasteiger partial charge in [0, 0.05) is 5.56 Å². The number of ether oxygens (including phenoxy) is 1. The highest BCUT2D eigenvalue weighted by atomic mass is 35.5. The van der Waals surface area contributed by atoms with E-state index in [1.54, 1.807) is 7.11 Å². The first-order valence-electron chi connectivity index (χ1n) is 5.67. The van der Waals surface area contributed by atoms with Gasteiger partial charge in [0.25, 0.3) is 5.95 Å². The SMILES string of the molecule is COc1ccc(-c2nc(Cl)nc(-n3cncn3)n2)cc1. The molecule has 2 aromatic heterocycles. The van der Waals surface area contributed by atoms with Crippen molar-refractivity contribution in [2.45, 2.75) is 0 Å². The molecule has 0 N–H and O–H groups in total. The number of halogens is 1. The van der Waals surface area contributed by atoms with Crippen molar-refractivity contribution in [2.75, 3.05) is 7.11 Å². The molecule has 0 radical (unpaired) electrons. The zero-order valence-electron chi connectivity index (χ0n) is 10.4. The quantitative estimate of drug-likeness (QED) is 0.731. The molecule has 0 spiro atoms. The predicted molar refractivity (Wildman–Crippen MR) is 71.7 cm³/mol. The summed E-state index contributed by atoms with van der Waals surface area (Å²) in [5, 5.41) is 4.06. The van der Waals surface area contributed by atoms with Crippen molar-refractivity contribution in [2.24, 2.45) is 0 Å². The van der Waals surface area contributed by atoms with Gasteiger partial charge >= 0.3 is 0 Å². The van der Waals surface area contributed by atoms with E-state index < -0.39 is 0 Å².